The molecule has 1 atom stereocenters. The summed E-state index contributed by atoms with van der Waals surface area (Å²) in [4.78, 5) is 14.9. The van der Waals surface area contributed by atoms with Gasteiger partial charge in [0.25, 0.3) is 5.91 Å². The number of hydrogen-bond donors (Lipinski definition) is 1. The van der Waals surface area contributed by atoms with E-state index in [-0.39, 0.29) is 5.91 Å². The van der Waals surface area contributed by atoms with Gasteiger partial charge < -0.3 is 9.88 Å². The Morgan fingerprint density at radius 3 is 2.23 bits per heavy atom. The lowest BCUT2D eigenvalue weighted by atomic mass is 10.0. The van der Waals surface area contributed by atoms with Crippen LogP contribution in [0.3, 0.4) is 0 Å². The first-order valence-electron chi connectivity index (χ1n) is 8.56. The molecule has 0 saturated carbocycles. The lowest BCUT2D eigenvalue weighted by molar-refractivity contribution is 0.0936. The summed E-state index contributed by atoms with van der Waals surface area (Å²) in [5, 5.41) is 3.10. The van der Waals surface area contributed by atoms with Gasteiger partial charge in [-0.25, -0.2) is 0 Å². The van der Waals surface area contributed by atoms with Crippen LogP contribution < -0.4 is 5.32 Å². The summed E-state index contributed by atoms with van der Waals surface area (Å²) < 4.78 is 2.20. The number of nitrogens with one attached hydrogen (secondary N) is 1. The van der Waals surface area contributed by atoms with E-state index < -0.39 is 0 Å². The van der Waals surface area contributed by atoms with E-state index in [4.69, 9.17) is 0 Å². The third-order valence-electron chi connectivity index (χ3n) is 4.30. The Morgan fingerprint density at radius 1 is 1.18 bits per heavy atom. The van der Waals surface area contributed by atoms with Crippen molar-refractivity contribution in [2.45, 2.75) is 66.5 Å². The Hall–Kier alpha value is -1.29. The van der Waals surface area contributed by atoms with E-state index in [2.05, 4.69) is 63.2 Å². The second-order valence-electron chi connectivity index (χ2n) is 6.55. The number of amides is 1. The van der Waals surface area contributed by atoms with Gasteiger partial charge in [0, 0.05) is 30.5 Å². The van der Waals surface area contributed by atoms with Crippen molar-refractivity contribution in [2.75, 3.05) is 19.6 Å². The van der Waals surface area contributed by atoms with Gasteiger partial charge in [-0.05, 0) is 45.8 Å². The second-order valence-corrected chi connectivity index (χ2v) is 6.55. The molecular weight excluding hydrogens is 274 g/mol. The minimum absolute atomic E-state index is 0.0436. The number of aromatic nitrogens is 1. The first kappa shape index (κ1) is 18.8. The van der Waals surface area contributed by atoms with Crippen molar-refractivity contribution in [1.29, 1.82) is 0 Å². The number of likely N-dealkylation sites (N-methyl/N-ethyl adjacent to an activating group) is 1. The largest absolute Gasteiger partial charge is 0.350 e. The zero-order valence-electron chi connectivity index (χ0n) is 15.3. The Kier molecular flexibility index (Phi) is 7.14. The Labute approximate surface area is 135 Å². The molecule has 1 aromatic rings. The molecule has 1 N–H and O–H groups in total. The van der Waals surface area contributed by atoms with Gasteiger partial charge in [-0.3, -0.25) is 9.69 Å². The molecule has 0 radical (unpaired) electrons. The quantitative estimate of drug-likeness (QED) is 0.796. The maximum Gasteiger partial charge on any atom is 0.253 e. The van der Waals surface area contributed by atoms with Crippen LogP contribution in [0.1, 0.15) is 76.5 Å². The highest BCUT2D eigenvalue weighted by atomic mass is 16.1. The van der Waals surface area contributed by atoms with Crippen molar-refractivity contribution in [1.82, 2.24) is 14.8 Å². The van der Waals surface area contributed by atoms with E-state index in [1.54, 1.807) is 0 Å². The van der Waals surface area contributed by atoms with Gasteiger partial charge in [0.1, 0.15) is 0 Å². The number of rotatable bonds is 8. The van der Waals surface area contributed by atoms with Crippen LogP contribution in [0.25, 0.3) is 0 Å². The van der Waals surface area contributed by atoms with Gasteiger partial charge in [-0.2, -0.15) is 0 Å². The van der Waals surface area contributed by atoms with Crippen molar-refractivity contribution in [3.05, 3.63) is 23.5 Å². The molecule has 0 aliphatic rings. The first-order valence-corrected chi connectivity index (χ1v) is 8.56. The molecule has 0 aromatic carbocycles. The Morgan fingerprint density at radius 2 is 1.77 bits per heavy atom. The van der Waals surface area contributed by atoms with Crippen molar-refractivity contribution >= 4 is 5.91 Å². The van der Waals surface area contributed by atoms with Crippen LogP contribution in [0.5, 0.6) is 0 Å². The Balaban J connectivity index is 2.82. The summed E-state index contributed by atoms with van der Waals surface area (Å²) in [6.45, 7) is 17.8. The average molecular weight is 307 g/mol. The molecule has 0 bridgehead atoms. The lowest BCUT2D eigenvalue weighted by Gasteiger charge is -2.26. The molecule has 0 aliphatic heterocycles. The molecule has 1 rings (SSSR count). The van der Waals surface area contributed by atoms with Crippen molar-refractivity contribution < 1.29 is 4.79 Å². The molecule has 1 heterocycles. The maximum atomic E-state index is 12.6. The maximum absolute atomic E-state index is 12.6. The molecule has 4 heteroatoms. The molecular formula is C18H33N3O. The lowest BCUT2D eigenvalue weighted by Crippen LogP contribution is -2.42. The molecule has 126 valence electrons. The van der Waals surface area contributed by atoms with E-state index in [9.17, 15) is 4.79 Å². The van der Waals surface area contributed by atoms with Gasteiger partial charge in [-0.15, -0.1) is 0 Å². The zero-order valence-corrected chi connectivity index (χ0v) is 15.3. The van der Waals surface area contributed by atoms with E-state index in [0.717, 1.165) is 24.3 Å². The van der Waals surface area contributed by atoms with Gasteiger partial charge in [0.15, 0.2) is 0 Å². The van der Waals surface area contributed by atoms with Gasteiger partial charge in [-0.1, -0.05) is 27.7 Å². The highest BCUT2D eigenvalue weighted by Gasteiger charge is 2.20. The standard InChI is InChI=1S/C18H33N3O/c1-8-20(9-2)15(7)12-19-18(22)16-10-11-21(14(5)6)17(16)13(3)4/h10-11,13-15H,8-9,12H2,1-7H3,(H,19,22). The molecule has 0 saturated heterocycles. The molecule has 1 amide bonds. The number of hydrogen-bond acceptors (Lipinski definition) is 2. The number of carbonyl (C=O) groups is 1. The van der Waals surface area contributed by atoms with Crippen LogP contribution >= 0.6 is 0 Å². The summed E-state index contributed by atoms with van der Waals surface area (Å²) in [5.41, 5.74) is 1.94. The summed E-state index contributed by atoms with van der Waals surface area (Å²) >= 11 is 0. The molecule has 0 aliphatic carbocycles. The van der Waals surface area contributed by atoms with Crippen LogP contribution in [0.15, 0.2) is 12.3 Å². The molecule has 1 unspecified atom stereocenters. The van der Waals surface area contributed by atoms with E-state index in [0.29, 0.717) is 24.5 Å². The van der Waals surface area contributed by atoms with Crippen molar-refractivity contribution in [3.8, 4) is 0 Å². The second kappa shape index (κ2) is 8.37. The molecule has 0 fully saturated rings. The third kappa shape index (κ3) is 4.35. The fourth-order valence-electron chi connectivity index (χ4n) is 3.02. The highest BCUT2D eigenvalue weighted by molar-refractivity contribution is 5.95. The minimum Gasteiger partial charge on any atom is -0.350 e. The molecule has 22 heavy (non-hydrogen) atoms. The SMILES string of the molecule is CCN(CC)C(C)CNC(=O)c1ccn(C(C)C)c1C(C)C. The topological polar surface area (TPSA) is 37.3 Å². The van der Waals surface area contributed by atoms with Crippen molar-refractivity contribution in [3.63, 3.8) is 0 Å². The fourth-order valence-corrected chi connectivity index (χ4v) is 3.02. The molecule has 1 aromatic heterocycles. The van der Waals surface area contributed by atoms with Gasteiger partial charge in [0.2, 0.25) is 0 Å². The summed E-state index contributed by atoms with van der Waals surface area (Å²) in [6.07, 6.45) is 2.03. The van der Waals surface area contributed by atoms with Crippen LogP contribution in [0.4, 0.5) is 0 Å². The summed E-state index contributed by atoms with van der Waals surface area (Å²) in [5.74, 6) is 0.375. The Bertz CT molecular complexity index is 473. The predicted octanol–water partition coefficient (Wildman–Crippen LogP) is 3.65. The zero-order chi connectivity index (χ0) is 16.9. The van der Waals surface area contributed by atoms with Crippen molar-refractivity contribution in [2.24, 2.45) is 0 Å². The van der Waals surface area contributed by atoms with Crippen LogP contribution in [0, 0.1) is 0 Å². The summed E-state index contributed by atoms with van der Waals surface area (Å²) in [6, 6.07) is 2.68. The van der Waals surface area contributed by atoms with Crippen LogP contribution in [-0.4, -0.2) is 41.1 Å². The smallest absolute Gasteiger partial charge is 0.253 e. The summed E-state index contributed by atoms with van der Waals surface area (Å²) in [7, 11) is 0. The molecule has 4 nitrogen and oxygen atoms in total. The monoisotopic (exact) mass is 307 g/mol. The minimum atomic E-state index is 0.0436. The predicted molar refractivity (Wildman–Crippen MR) is 93.6 cm³/mol. The number of nitrogens with zero attached hydrogens (tertiary/aromatic N) is 2. The fraction of sp³-hybridized carbons (Fsp3) is 0.722. The van der Waals surface area contributed by atoms with Crippen LogP contribution in [0.2, 0.25) is 0 Å². The number of carbonyl (C=O) groups excluding carboxylic acids is 1. The van der Waals surface area contributed by atoms with E-state index >= 15 is 0 Å². The average Bonchev–Trinajstić information content (AvgIpc) is 2.91. The van der Waals surface area contributed by atoms with Gasteiger partial charge >= 0.3 is 0 Å². The van der Waals surface area contributed by atoms with E-state index in [1.165, 1.54) is 0 Å². The third-order valence-corrected chi connectivity index (χ3v) is 4.30. The molecule has 0 spiro atoms. The van der Waals surface area contributed by atoms with Gasteiger partial charge in [0.05, 0.1) is 5.56 Å². The van der Waals surface area contributed by atoms with Crippen LogP contribution in [-0.2, 0) is 0 Å². The first-order chi connectivity index (χ1) is 10.3. The highest BCUT2D eigenvalue weighted by Crippen LogP contribution is 2.24. The normalized spacial score (nSPS) is 13.2. The van der Waals surface area contributed by atoms with E-state index in [1.807, 2.05) is 12.3 Å².